The number of halogens is 1. The van der Waals surface area contributed by atoms with Gasteiger partial charge >= 0.3 is 0 Å². The predicted molar refractivity (Wildman–Crippen MR) is 104 cm³/mol. The maximum absolute atomic E-state index is 13.3. The van der Waals surface area contributed by atoms with Gasteiger partial charge in [0.1, 0.15) is 5.82 Å². The molecular weight excluding hydrogens is 343 g/mol. The topological polar surface area (TPSA) is 72.9 Å². The van der Waals surface area contributed by atoms with Crippen LogP contribution < -0.4 is 11.1 Å². The molecular formula is C21H17FN4O. The van der Waals surface area contributed by atoms with Gasteiger partial charge in [-0.25, -0.2) is 4.39 Å². The molecule has 0 bridgehead atoms. The fraction of sp³-hybridized carbons (Fsp3) is 0.0476. The largest absolute Gasteiger partial charge is 0.397 e. The van der Waals surface area contributed by atoms with E-state index >= 15 is 0 Å². The number of aromatic nitrogens is 2. The van der Waals surface area contributed by atoms with Gasteiger partial charge in [-0.1, -0.05) is 24.3 Å². The lowest BCUT2D eigenvalue weighted by Crippen LogP contribution is -2.13. The molecule has 3 aromatic carbocycles. The third-order valence-electron chi connectivity index (χ3n) is 4.36. The molecule has 1 aromatic heterocycles. The van der Waals surface area contributed by atoms with Crippen molar-refractivity contribution in [3.63, 3.8) is 0 Å². The van der Waals surface area contributed by atoms with Crippen molar-refractivity contribution in [2.45, 2.75) is 6.54 Å². The van der Waals surface area contributed by atoms with Crippen LogP contribution in [-0.2, 0) is 6.54 Å². The zero-order chi connectivity index (χ0) is 18.8. The molecule has 5 nitrogen and oxygen atoms in total. The van der Waals surface area contributed by atoms with Crippen LogP contribution in [0.15, 0.2) is 72.9 Å². The molecule has 3 N–H and O–H groups in total. The van der Waals surface area contributed by atoms with Crippen LogP contribution in [-0.4, -0.2) is 15.7 Å². The molecule has 0 aliphatic heterocycles. The number of hydrogen-bond acceptors (Lipinski definition) is 3. The molecule has 134 valence electrons. The van der Waals surface area contributed by atoms with Crippen molar-refractivity contribution < 1.29 is 9.18 Å². The van der Waals surface area contributed by atoms with E-state index in [1.165, 1.54) is 12.1 Å². The molecule has 0 radical (unpaired) electrons. The highest BCUT2D eigenvalue weighted by molar-refractivity contribution is 6.05. The third kappa shape index (κ3) is 3.50. The fourth-order valence-electron chi connectivity index (χ4n) is 2.92. The average Bonchev–Trinajstić information content (AvgIpc) is 3.06. The molecule has 0 aliphatic carbocycles. The number of nitrogen functional groups attached to an aromatic ring is 1. The van der Waals surface area contributed by atoms with Crippen LogP contribution in [0.25, 0.3) is 10.9 Å². The number of carbonyl (C=O) groups is 1. The van der Waals surface area contributed by atoms with Crippen molar-refractivity contribution in [1.82, 2.24) is 9.78 Å². The van der Waals surface area contributed by atoms with Crippen LogP contribution in [0.5, 0.6) is 0 Å². The SMILES string of the molecule is Nc1ccccc1NC(=O)c1ccc(Cn2ncc3cc(F)ccc32)cc1. The molecule has 6 heteroatoms. The van der Waals surface area contributed by atoms with E-state index in [9.17, 15) is 9.18 Å². The maximum atomic E-state index is 13.3. The van der Waals surface area contributed by atoms with Crippen molar-refractivity contribution in [1.29, 1.82) is 0 Å². The molecule has 1 amide bonds. The Kier molecular flexibility index (Phi) is 4.30. The summed E-state index contributed by atoms with van der Waals surface area (Å²) in [7, 11) is 0. The summed E-state index contributed by atoms with van der Waals surface area (Å²) in [5, 5.41) is 7.87. The quantitative estimate of drug-likeness (QED) is 0.539. The lowest BCUT2D eigenvalue weighted by atomic mass is 10.1. The summed E-state index contributed by atoms with van der Waals surface area (Å²) in [6.07, 6.45) is 1.64. The predicted octanol–water partition coefficient (Wildman–Crippen LogP) is 4.06. The lowest BCUT2D eigenvalue weighted by Gasteiger charge is -2.09. The molecule has 1 heterocycles. The number of rotatable bonds is 4. The van der Waals surface area contributed by atoms with Crippen molar-refractivity contribution in [2.75, 3.05) is 11.1 Å². The monoisotopic (exact) mass is 360 g/mol. The molecule has 27 heavy (non-hydrogen) atoms. The Hall–Kier alpha value is -3.67. The van der Waals surface area contributed by atoms with Gasteiger partial charge in [-0.2, -0.15) is 5.10 Å². The van der Waals surface area contributed by atoms with E-state index < -0.39 is 0 Å². The van der Waals surface area contributed by atoms with E-state index in [-0.39, 0.29) is 11.7 Å². The third-order valence-corrected chi connectivity index (χ3v) is 4.36. The molecule has 0 fully saturated rings. The first-order valence-electron chi connectivity index (χ1n) is 8.46. The van der Waals surface area contributed by atoms with Crippen LogP contribution in [0.3, 0.4) is 0 Å². The number of amides is 1. The van der Waals surface area contributed by atoms with Gasteiger partial charge in [0.05, 0.1) is 29.6 Å². The number of nitrogens with one attached hydrogen (secondary N) is 1. The molecule has 0 spiro atoms. The maximum Gasteiger partial charge on any atom is 0.255 e. The summed E-state index contributed by atoms with van der Waals surface area (Å²) in [6, 6.07) is 19.0. The van der Waals surface area contributed by atoms with Gasteiger partial charge in [0.2, 0.25) is 0 Å². The number of nitrogens with two attached hydrogens (primary N) is 1. The van der Waals surface area contributed by atoms with Crippen molar-refractivity contribution in [3.05, 3.63) is 89.9 Å². The number of fused-ring (bicyclic) bond motifs is 1. The number of benzene rings is 3. The minimum absolute atomic E-state index is 0.223. The van der Waals surface area contributed by atoms with E-state index in [1.807, 2.05) is 24.3 Å². The van der Waals surface area contributed by atoms with Crippen molar-refractivity contribution in [2.24, 2.45) is 0 Å². The number of anilines is 2. The Morgan fingerprint density at radius 3 is 2.63 bits per heavy atom. The first-order chi connectivity index (χ1) is 13.1. The first kappa shape index (κ1) is 16.8. The summed E-state index contributed by atoms with van der Waals surface area (Å²) in [6.45, 7) is 0.530. The van der Waals surface area contributed by atoms with Gasteiger partial charge < -0.3 is 11.1 Å². The van der Waals surface area contributed by atoms with E-state index in [0.29, 0.717) is 23.5 Å². The Morgan fingerprint density at radius 2 is 1.85 bits per heavy atom. The molecule has 0 saturated heterocycles. The van der Waals surface area contributed by atoms with Crippen LogP contribution in [0, 0.1) is 5.82 Å². The van der Waals surface area contributed by atoms with E-state index in [2.05, 4.69) is 10.4 Å². The zero-order valence-electron chi connectivity index (χ0n) is 14.4. The van der Waals surface area contributed by atoms with Gasteiger partial charge in [0.15, 0.2) is 0 Å². The standard InChI is InChI=1S/C21H17FN4O/c22-17-9-10-20-16(11-17)12-24-26(20)13-14-5-7-15(8-6-14)21(27)25-19-4-2-1-3-18(19)23/h1-12H,13,23H2,(H,25,27). The highest BCUT2D eigenvalue weighted by Gasteiger charge is 2.09. The second-order valence-corrected chi connectivity index (χ2v) is 6.24. The Balaban J connectivity index is 1.50. The molecule has 4 aromatic rings. The first-order valence-corrected chi connectivity index (χ1v) is 8.46. The number of para-hydroxylation sites is 2. The summed E-state index contributed by atoms with van der Waals surface area (Å²) in [4.78, 5) is 12.4. The van der Waals surface area contributed by atoms with Gasteiger partial charge in [0, 0.05) is 10.9 Å². The number of hydrogen-bond donors (Lipinski definition) is 2. The second kappa shape index (κ2) is 6.92. The highest BCUT2D eigenvalue weighted by Crippen LogP contribution is 2.19. The molecule has 0 atom stereocenters. The average molecular weight is 360 g/mol. The Labute approximate surface area is 155 Å². The van der Waals surface area contributed by atoms with E-state index in [0.717, 1.165) is 16.5 Å². The summed E-state index contributed by atoms with van der Waals surface area (Å²) < 4.78 is 15.1. The van der Waals surface area contributed by atoms with Crippen LogP contribution in [0.4, 0.5) is 15.8 Å². The van der Waals surface area contributed by atoms with Gasteiger partial charge in [0.25, 0.3) is 5.91 Å². The van der Waals surface area contributed by atoms with Crippen LogP contribution in [0.2, 0.25) is 0 Å². The Bertz CT molecular complexity index is 1120. The van der Waals surface area contributed by atoms with Crippen LogP contribution >= 0.6 is 0 Å². The minimum Gasteiger partial charge on any atom is -0.397 e. The lowest BCUT2D eigenvalue weighted by molar-refractivity contribution is 0.102. The van der Waals surface area contributed by atoms with Crippen molar-refractivity contribution in [3.8, 4) is 0 Å². The molecule has 0 saturated carbocycles. The highest BCUT2D eigenvalue weighted by atomic mass is 19.1. The van der Waals surface area contributed by atoms with Crippen molar-refractivity contribution >= 4 is 28.2 Å². The van der Waals surface area contributed by atoms with Gasteiger partial charge in [-0.15, -0.1) is 0 Å². The molecule has 0 aliphatic rings. The Morgan fingerprint density at radius 1 is 1.07 bits per heavy atom. The normalized spacial score (nSPS) is 10.9. The van der Waals surface area contributed by atoms with E-state index in [1.54, 1.807) is 41.2 Å². The molecule has 4 rings (SSSR count). The minimum atomic E-state index is -0.281. The summed E-state index contributed by atoms with van der Waals surface area (Å²) >= 11 is 0. The summed E-state index contributed by atoms with van der Waals surface area (Å²) in [5.41, 5.74) is 9.34. The van der Waals surface area contributed by atoms with Crippen LogP contribution in [0.1, 0.15) is 15.9 Å². The van der Waals surface area contributed by atoms with E-state index in [4.69, 9.17) is 5.73 Å². The number of carbonyl (C=O) groups excluding carboxylic acids is 1. The van der Waals surface area contributed by atoms with Gasteiger partial charge in [-0.3, -0.25) is 9.48 Å². The fourth-order valence-corrected chi connectivity index (χ4v) is 2.92. The zero-order valence-corrected chi connectivity index (χ0v) is 14.4. The second-order valence-electron chi connectivity index (χ2n) is 6.24. The van der Waals surface area contributed by atoms with Gasteiger partial charge in [-0.05, 0) is 48.0 Å². The summed E-state index contributed by atoms with van der Waals surface area (Å²) in [5.74, 6) is -0.504. The number of nitrogens with zero attached hydrogens (tertiary/aromatic N) is 2. The smallest absolute Gasteiger partial charge is 0.255 e. The molecule has 0 unspecified atom stereocenters.